The summed E-state index contributed by atoms with van der Waals surface area (Å²) in [4.78, 5) is 3.93. The molecule has 5 rings (SSSR count). The van der Waals surface area contributed by atoms with Gasteiger partial charge in [-0.3, -0.25) is 4.98 Å². The molecule has 4 heterocycles. The highest BCUT2D eigenvalue weighted by Crippen LogP contribution is 2.38. The number of rotatable bonds is 3. The molecular formula is C19H19F3N2O. The molecule has 1 N–H and O–H groups in total. The van der Waals surface area contributed by atoms with Gasteiger partial charge in [0.05, 0.1) is 12.2 Å². The van der Waals surface area contributed by atoms with Crippen LogP contribution in [0, 0.1) is 0 Å². The van der Waals surface area contributed by atoms with Gasteiger partial charge in [-0.15, -0.1) is 0 Å². The van der Waals surface area contributed by atoms with E-state index in [9.17, 15) is 13.2 Å². The predicted molar refractivity (Wildman–Crippen MR) is 87.1 cm³/mol. The molecule has 0 radical (unpaired) electrons. The Morgan fingerprint density at radius 1 is 1.16 bits per heavy atom. The highest BCUT2D eigenvalue weighted by Gasteiger charge is 2.42. The van der Waals surface area contributed by atoms with Crippen LogP contribution in [0.5, 0.6) is 0 Å². The summed E-state index contributed by atoms with van der Waals surface area (Å²) >= 11 is 0. The summed E-state index contributed by atoms with van der Waals surface area (Å²) in [7, 11) is 0. The Kier molecular flexibility index (Phi) is 4.04. The fraction of sp³-hybridized carbons (Fsp3) is 0.421. The first-order valence-electron chi connectivity index (χ1n) is 8.44. The van der Waals surface area contributed by atoms with Crippen molar-refractivity contribution in [3.63, 3.8) is 0 Å². The summed E-state index contributed by atoms with van der Waals surface area (Å²) in [5.74, 6) is 0. The van der Waals surface area contributed by atoms with Gasteiger partial charge in [0.2, 0.25) is 0 Å². The van der Waals surface area contributed by atoms with E-state index in [1.807, 2.05) is 12.1 Å². The maximum absolute atomic E-state index is 12.6. The number of alkyl halides is 3. The van der Waals surface area contributed by atoms with Crippen LogP contribution in [0.4, 0.5) is 13.2 Å². The van der Waals surface area contributed by atoms with E-state index in [4.69, 9.17) is 4.74 Å². The van der Waals surface area contributed by atoms with Gasteiger partial charge in [-0.05, 0) is 36.1 Å². The number of nitrogens with zero attached hydrogens (tertiary/aromatic N) is 1. The normalized spacial score (nSPS) is 26.0. The number of hydrogen-bond donors (Lipinski definition) is 1. The summed E-state index contributed by atoms with van der Waals surface area (Å²) < 4.78 is 43.8. The maximum atomic E-state index is 12.6. The second kappa shape index (κ2) is 6.11. The van der Waals surface area contributed by atoms with Crippen LogP contribution in [0.1, 0.15) is 35.2 Å². The summed E-state index contributed by atoms with van der Waals surface area (Å²) in [5.41, 5.74) is 1.84. The first-order valence-corrected chi connectivity index (χ1v) is 8.44. The lowest BCUT2D eigenvalue weighted by molar-refractivity contribution is -0.137. The van der Waals surface area contributed by atoms with Gasteiger partial charge in [0.1, 0.15) is 5.60 Å². The van der Waals surface area contributed by atoms with Crippen LogP contribution in [-0.2, 0) is 22.9 Å². The molecule has 2 atom stereocenters. The largest absolute Gasteiger partial charge is 0.417 e. The SMILES string of the molecule is FC(F)(F)c1ccc(Cc2ccc(C34CCC(CO3)NC4)cc2)nc1. The van der Waals surface area contributed by atoms with Crippen LogP contribution < -0.4 is 5.32 Å². The molecule has 0 saturated carbocycles. The van der Waals surface area contributed by atoms with E-state index >= 15 is 0 Å². The smallest absolute Gasteiger partial charge is 0.367 e. The zero-order valence-electron chi connectivity index (χ0n) is 13.6. The van der Waals surface area contributed by atoms with Crippen molar-refractivity contribution in [1.82, 2.24) is 10.3 Å². The molecular weight excluding hydrogens is 329 g/mol. The Morgan fingerprint density at radius 3 is 2.48 bits per heavy atom. The van der Waals surface area contributed by atoms with E-state index in [-0.39, 0.29) is 5.60 Å². The van der Waals surface area contributed by atoms with Gasteiger partial charge in [-0.25, -0.2) is 0 Å². The number of halogens is 3. The number of aromatic nitrogens is 1. The topological polar surface area (TPSA) is 34.1 Å². The van der Waals surface area contributed by atoms with E-state index in [1.54, 1.807) is 0 Å². The molecule has 3 aliphatic heterocycles. The van der Waals surface area contributed by atoms with Gasteiger partial charge in [0.25, 0.3) is 0 Å². The third-order valence-corrected chi connectivity index (χ3v) is 5.15. The minimum atomic E-state index is -4.35. The molecule has 3 saturated heterocycles. The van der Waals surface area contributed by atoms with E-state index in [2.05, 4.69) is 22.4 Å². The number of morpholine rings is 1. The molecule has 2 aromatic rings. The van der Waals surface area contributed by atoms with Crippen LogP contribution in [0.15, 0.2) is 42.6 Å². The van der Waals surface area contributed by atoms with Crippen LogP contribution >= 0.6 is 0 Å². The Hall–Kier alpha value is -1.92. The molecule has 3 nitrogen and oxygen atoms in total. The second-order valence-electron chi connectivity index (χ2n) is 6.83. The van der Waals surface area contributed by atoms with Crippen molar-refractivity contribution in [2.24, 2.45) is 0 Å². The van der Waals surface area contributed by atoms with Gasteiger partial charge >= 0.3 is 6.18 Å². The number of hydrogen-bond acceptors (Lipinski definition) is 3. The van der Waals surface area contributed by atoms with Gasteiger partial charge in [-0.1, -0.05) is 24.3 Å². The monoisotopic (exact) mass is 348 g/mol. The van der Waals surface area contributed by atoms with E-state index in [0.29, 0.717) is 18.2 Å². The maximum Gasteiger partial charge on any atom is 0.417 e. The summed E-state index contributed by atoms with van der Waals surface area (Å²) in [6, 6.07) is 11.1. The molecule has 0 aliphatic carbocycles. The van der Waals surface area contributed by atoms with E-state index in [0.717, 1.165) is 49.4 Å². The molecule has 3 aliphatic rings. The minimum Gasteiger partial charge on any atom is -0.367 e. The molecule has 2 bridgehead atoms. The standard InChI is InChI=1S/C19H19F3N2O/c20-19(21,22)15-5-6-16(23-10-15)9-13-1-3-14(4-2-13)18-8-7-17(11-25-18)24-12-18/h1-6,10,17,24H,7-9,11-12H2. The second-order valence-corrected chi connectivity index (χ2v) is 6.83. The lowest BCUT2D eigenvalue weighted by atomic mass is 9.81. The molecule has 132 valence electrons. The molecule has 1 aromatic carbocycles. The van der Waals surface area contributed by atoms with Crippen LogP contribution in [0.25, 0.3) is 0 Å². The van der Waals surface area contributed by atoms with Crippen LogP contribution in [-0.4, -0.2) is 24.2 Å². The number of ether oxygens (including phenoxy) is 1. The predicted octanol–water partition coefficient (Wildman–Crippen LogP) is 3.67. The number of fused-ring (bicyclic) bond motifs is 3. The number of nitrogens with one attached hydrogen (secondary N) is 1. The molecule has 6 heteroatoms. The number of benzene rings is 1. The molecule has 25 heavy (non-hydrogen) atoms. The first kappa shape index (κ1) is 16.5. The highest BCUT2D eigenvalue weighted by atomic mass is 19.4. The zero-order valence-corrected chi connectivity index (χ0v) is 13.6. The Labute approximate surface area is 144 Å². The fourth-order valence-electron chi connectivity index (χ4n) is 3.59. The van der Waals surface area contributed by atoms with Crippen molar-refractivity contribution in [3.05, 3.63) is 65.0 Å². The van der Waals surface area contributed by atoms with Crippen molar-refractivity contribution in [2.75, 3.05) is 13.2 Å². The molecule has 0 spiro atoms. The van der Waals surface area contributed by atoms with Crippen molar-refractivity contribution in [1.29, 1.82) is 0 Å². The van der Waals surface area contributed by atoms with Crippen molar-refractivity contribution in [3.8, 4) is 0 Å². The lowest BCUT2D eigenvalue weighted by Gasteiger charge is -2.47. The third-order valence-electron chi connectivity index (χ3n) is 5.15. The van der Waals surface area contributed by atoms with Crippen LogP contribution in [0.2, 0.25) is 0 Å². The van der Waals surface area contributed by atoms with Gasteiger partial charge in [0.15, 0.2) is 0 Å². The fourth-order valence-corrected chi connectivity index (χ4v) is 3.59. The molecule has 3 fully saturated rings. The third kappa shape index (κ3) is 3.28. The van der Waals surface area contributed by atoms with Crippen molar-refractivity contribution in [2.45, 2.75) is 37.1 Å². The Morgan fingerprint density at radius 2 is 1.96 bits per heavy atom. The molecule has 1 aromatic heterocycles. The molecule has 2 unspecified atom stereocenters. The van der Waals surface area contributed by atoms with Gasteiger partial charge in [-0.2, -0.15) is 13.2 Å². The van der Waals surface area contributed by atoms with E-state index < -0.39 is 11.7 Å². The van der Waals surface area contributed by atoms with Crippen LogP contribution in [0.3, 0.4) is 0 Å². The van der Waals surface area contributed by atoms with Crippen molar-refractivity contribution >= 4 is 0 Å². The van der Waals surface area contributed by atoms with Gasteiger partial charge in [0, 0.05) is 30.9 Å². The highest BCUT2D eigenvalue weighted by molar-refractivity contribution is 5.31. The summed E-state index contributed by atoms with van der Waals surface area (Å²) in [5, 5.41) is 3.50. The average molecular weight is 348 g/mol. The quantitative estimate of drug-likeness (QED) is 0.919. The first-order chi connectivity index (χ1) is 11.9. The minimum absolute atomic E-state index is 0.236. The van der Waals surface area contributed by atoms with Crippen molar-refractivity contribution < 1.29 is 17.9 Å². The molecule has 0 amide bonds. The zero-order chi connectivity index (χ0) is 17.5. The number of piperidine rings is 1. The lowest BCUT2D eigenvalue weighted by Crippen LogP contribution is -2.57. The van der Waals surface area contributed by atoms with Gasteiger partial charge < -0.3 is 10.1 Å². The average Bonchev–Trinajstić information content (AvgIpc) is 2.63. The number of pyridine rings is 1. The summed E-state index contributed by atoms with van der Waals surface area (Å²) in [6.45, 7) is 1.58. The summed E-state index contributed by atoms with van der Waals surface area (Å²) in [6.07, 6.45) is -0.809. The Balaban J connectivity index is 1.47. The van der Waals surface area contributed by atoms with E-state index in [1.165, 1.54) is 6.07 Å². The Bertz CT molecular complexity index is 719.